The van der Waals surface area contributed by atoms with Gasteiger partial charge in [-0.1, -0.05) is 26.2 Å². The van der Waals surface area contributed by atoms with E-state index in [9.17, 15) is 4.79 Å². The minimum Gasteiger partial charge on any atom is -0.373 e. The van der Waals surface area contributed by atoms with Crippen LogP contribution in [0.2, 0.25) is 0 Å². The van der Waals surface area contributed by atoms with E-state index in [2.05, 4.69) is 22.7 Å². The minimum absolute atomic E-state index is 0. The van der Waals surface area contributed by atoms with Gasteiger partial charge < -0.3 is 15.4 Å². The summed E-state index contributed by atoms with van der Waals surface area (Å²) in [5.41, 5.74) is 0.691. The number of aryl methyl sites for hydroxylation is 1. The van der Waals surface area contributed by atoms with Crippen LogP contribution >= 0.6 is 12.4 Å². The van der Waals surface area contributed by atoms with E-state index < -0.39 is 0 Å². The monoisotopic (exact) mass is 358 g/mol. The second kappa shape index (κ2) is 10.0. The lowest BCUT2D eigenvalue weighted by molar-refractivity contribution is -0.126. The highest BCUT2D eigenvalue weighted by Crippen LogP contribution is 2.31. The Bertz CT molecular complexity index is 501. The second-order valence-corrected chi connectivity index (χ2v) is 6.48. The van der Waals surface area contributed by atoms with E-state index in [-0.39, 0.29) is 30.0 Å². The van der Waals surface area contributed by atoms with Gasteiger partial charge in [-0.25, -0.2) is 0 Å². The SMILES string of the molecule is CCCOC1(CNC(=O)C(NC)c2cnn(C)c2)CCCCC1.Cl. The molecule has 1 aromatic heterocycles. The molecule has 24 heavy (non-hydrogen) atoms. The Morgan fingerprint density at radius 2 is 2.12 bits per heavy atom. The van der Waals surface area contributed by atoms with Gasteiger partial charge in [0.2, 0.25) is 5.91 Å². The van der Waals surface area contributed by atoms with Crippen LogP contribution in [0, 0.1) is 0 Å². The Balaban J connectivity index is 0.00000288. The molecule has 1 aliphatic carbocycles. The van der Waals surface area contributed by atoms with E-state index in [1.54, 1.807) is 17.9 Å². The standard InChI is InChI=1S/C17H30N4O2.ClH/c1-4-10-23-17(8-6-5-7-9-17)13-19-16(22)15(18-2)14-11-20-21(3)12-14;/h11-12,15,18H,4-10,13H2,1-3H3,(H,19,22);1H. The highest BCUT2D eigenvalue weighted by molar-refractivity contribution is 5.85. The number of ether oxygens (including phenoxy) is 1. The highest BCUT2D eigenvalue weighted by atomic mass is 35.5. The molecule has 0 radical (unpaired) electrons. The van der Waals surface area contributed by atoms with Gasteiger partial charge in [0, 0.05) is 32.0 Å². The Hall–Kier alpha value is -1.11. The van der Waals surface area contributed by atoms with Gasteiger partial charge in [0.25, 0.3) is 0 Å². The Labute approximate surface area is 151 Å². The number of rotatable bonds is 8. The van der Waals surface area contributed by atoms with Gasteiger partial charge in [0.05, 0.1) is 11.8 Å². The molecule has 2 N–H and O–H groups in total. The summed E-state index contributed by atoms with van der Waals surface area (Å²) >= 11 is 0. The van der Waals surface area contributed by atoms with Crippen LogP contribution in [0.5, 0.6) is 0 Å². The number of carbonyl (C=O) groups is 1. The summed E-state index contributed by atoms with van der Waals surface area (Å²) in [5, 5.41) is 10.3. The normalized spacial score (nSPS) is 17.8. The maximum atomic E-state index is 12.6. The van der Waals surface area contributed by atoms with Gasteiger partial charge in [-0.3, -0.25) is 9.48 Å². The summed E-state index contributed by atoms with van der Waals surface area (Å²) in [5.74, 6) is -0.0226. The summed E-state index contributed by atoms with van der Waals surface area (Å²) in [6.45, 7) is 3.47. The Kier molecular flexibility index (Phi) is 8.73. The molecule has 1 atom stereocenters. The van der Waals surface area contributed by atoms with Gasteiger partial charge >= 0.3 is 0 Å². The predicted molar refractivity (Wildman–Crippen MR) is 97.3 cm³/mol. The molecular weight excluding hydrogens is 328 g/mol. The molecule has 1 amide bonds. The third kappa shape index (κ3) is 5.46. The van der Waals surface area contributed by atoms with Crippen LogP contribution in [-0.2, 0) is 16.6 Å². The van der Waals surface area contributed by atoms with E-state index in [4.69, 9.17) is 4.74 Å². The van der Waals surface area contributed by atoms with Crippen LogP contribution in [0.15, 0.2) is 12.4 Å². The fourth-order valence-electron chi connectivity index (χ4n) is 3.28. The van der Waals surface area contributed by atoms with Crippen molar-refractivity contribution in [1.29, 1.82) is 0 Å². The van der Waals surface area contributed by atoms with E-state index in [1.165, 1.54) is 19.3 Å². The number of likely N-dealkylation sites (N-methyl/N-ethyl adjacent to an activating group) is 1. The lowest BCUT2D eigenvalue weighted by atomic mass is 9.84. The van der Waals surface area contributed by atoms with Crippen molar-refractivity contribution >= 4 is 18.3 Å². The highest BCUT2D eigenvalue weighted by Gasteiger charge is 2.34. The van der Waals surface area contributed by atoms with E-state index in [0.717, 1.165) is 31.4 Å². The molecule has 1 unspecified atom stereocenters. The zero-order chi connectivity index (χ0) is 16.7. The molecule has 2 rings (SSSR count). The molecule has 0 bridgehead atoms. The lowest BCUT2D eigenvalue weighted by Crippen LogP contribution is -2.48. The molecule has 0 aliphatic heterocycles. The first-order valence-corrected chi connectivity index (χ1v) is 8.68. The van der Waals surface area contributed by atoms with E-state index in [1.807, 2.05) is 13.2 Å². The van der Waals surface area contributed by atoms with Gasteiger partial charge in [0.15, 0.2) is 0 Å². The third-order valence-corrected chi connectivity index (χ3v) is 4.57. The maximum Gasteiger partial charge on any atom is 0.241 e. The van der Waals surface area contributed by atoms with Crippen molar-refractivity contribution in [3.8, 4) is 0 Å². The molecule has 0 saturated heterocycles. The number of hydrogen-bond donors (Lipinski definition) is 2. The molecule has 1 aromatic rings. The largest absolute Gasteiger partial charge is 0.373 e. The van der Waals surface area contributed by atoms with Crippen molar-refractivity contribution in [2.24, 2.45) is 7.05 Å². The molecule has 1 aliphatic rings. The fraction of sp³-hybridized carbons (Fsp3) is 0.765. The molecule has 1 fully saturated rings. The van der Waals surface area contributed by atoms with Crippen molar-refractivity contribution in [3.05, 3.63) is 18.0 Å². The molecule has 0 aromatic carbocycles. The first kappa shape index (κ1) is 20.9. The number of nitrogens with one attached hydrogen (secondary N) is 2. The number of halogens is 1. The molecule has 138 valence electrons. The van der Waals surface area contributed by atoms with Crippen molar-refractivity contribution in [2.75, 3.05) is 20.2 Å². The van der Waals surface area contributed by atoms with Crippen molar-refractivity contribution in [3.63, 3.8) is 0 Å². The van der Waals surface area contributed by atoms with Crippen molar-refractivity contribution < 1.29 is 9.53 Å². The second-order valence-electron chi connectivity index (χ2n) is 6.48. The minimum atomic E-state index is -0.379. The summed E-state index contributed by atoms with van der Waals surface area (Å²) in [6, 6.07) is -0.379. The zero-order valence-electron chi connectivity index (χ0n) is 15.0. The predicted octanol–water partition coefficient (Wildman–Crippen LogP) is 2.35. The van der Waals surface area contributed by atoms with Gasteiger partial charge in [-0.15, -0.1) is 12.4 Å². The van der Waals surface area contributed by atoms with Crippen LogP contribution in [-0.4, -0.2) is 41.5 Å². The molecule has 0 spiro atoms. The number of amides is 1. The molecule has 1 saturated carbocycles. The fourth-order valence-corrected chi connectivity index (χ4v) is 3.28. The van der Waals surface area contributed by atoms with Gasteiger partial charge in [-0.2, -0.15) is 5.10 Å². The number of nitrogens with zero attached hydrogens (tertiary/aromatic N) is 2. The lowest BCUT2D eigenvalue weighted by Gasteiger charge is -2.37. The van der Waals surface area contributed by atoms with Gasteiger partial charge in [-0.05, 0) is 26.3 Å². The smallest absolute Gasteiger partial charge is 0.241 e. The van der Waals surface area contributed by atoms with E-state index in [0.29, 0.717) is 6.54 Å². The van der Waals surface area contributed by atoms with Crippen LogP contribution in [0.1, 0.15) is 57.1 Å². The molecule has 7 heteroatoms. The summed E-state index contributed by atoms with van der Waals surface area (Å²) < 4.78 is 7.85. The first-order valence-electron chi connectivity index (χ1n) is 8.68. The maximum absolute atomic E-state index is 12.6. The number of carbonyl (C=O) groups excluding carboxylic acids is 1. The molecule has 1 heterocycles. The van der Waals surface area contributed by atoms with Gasteiger partial charge in [0.1, 0.15) is 6.04 Å². The van der Waals surface area contributed by atoms with Crippen LogP contribution in [0.4, 0.5) is 0 Å². The van der Waals surface area contributed by atoms with Crippen LogP contribution in [0.3, 0.4) is 0 Å². The third-order valence-electron chi connectivity index (χ3n) is 4.57. The Morgan fingerprint density at radius 3 is 2.67 bits per heavy atom. The average molecular weight is 359 g/mol. The molecular formula is C17H31ClN4O2. The quantitative estimate of drug-likeness (QED) is 0.748. The summed E-state index contributed by atoms with van der Waals surface area (Å²) in [4.78, 5) is 12.6. The zero-order valence-corrected chi connectivity index (χ0v) is 15.8. The van der Waals surface area contributed by atoms with E-state index >= 15 is 0 Å². The summed E-state index contributed by atoms with van der Waals surface area (Å²) in [7, 11) is 3.64. The van der Waals surface area contributed by atoms with Crippen molar-refractivity contribution in [1.82, 2.24) is 20.4 Å². The first-order chi connectivity index (χ1) is 11.1. The summed E-state index contributed by atoms with van der Waals surface area (Å²) in [6.07, 6.45) is 10.3. The Morgan fingerprint density at radius 1 is 1.42 bits per heavy atom. The molecule has 6 nitrogen and oxygen atoms in total. The van der Waals surface area contributed by atoms with Crippen LogP contribution in [0.25, 0.3) is 0 Å². The van der Waals surface area contributed by atoms with Crippen molar-refractivity contribution in [2.45, 2.75) is 57.1 Å². The topological polar surface area (TPSA) is 68.2 Å². The number of hydrogen-bond acceptors (Lipinski definition) is 4. The number of aromatic nitrogens is 2. The average Bonchev–Trinajstić information content (AvgIpc) is 2.99. The van der Waals surface area contributed by atoms with Crippen LogP contribution < -0.4 is 10.6 Å².